The van der Waals surface area contributed by atoms with E-state index in [1.54, 1.807) is 22.7 Å². The van der Waals surface area contributed by atoms with E-state index in [1.165, 1.54) is 9.75 Å². The molecule has 0 bridgehead atoms. The Kier molecular flexibility index (Phi) is 2.42. The van der Waals surface area contributed by atoms with Crippen LogP contribution in [0.15, 0.2) is 23.6 Å². The Bertz CT molecular complexity index is 643. The van der Waals surface area contributed by atoms with Crippen molar-refractivity contribution in [3.8, 4) is 9.75 Å². The second kappa shape index (κ2) is 3.80. The Hall–Kier alpha value is -0.970. The molecule has 80 valence electrons. The number of hydrogen-bond donors (Lipinski definition) is 0. The van der Waals surface area contributed by atoms with Gasteiger partial charge in [-0.1, -0.05) is 17.7 Å². The van der Waals surface area contributed by atoms with E-state index >= 15 is 0 Å². The molecule has 0 N–H and O–H groups in total. The molecular weight excluding hydrogens is 260 g/mol. The van der Waals surface area contributed by atoms with Crippen molar-refractivity contribution in [3.05, 3.63) is 34.6 Å². The lowest BCUT2D eigenvalue weighted by molar-refractivity contribution is 1.10. The smallest absolute Gasteiger partial charge is 0.150 e. The number of nitrogens with zero attached hydrogens (tertiary/aromatic N) is 2. The molecule has 0 saturated heterocycles. The van der Waals surface area contributed by atoms with Crippen LogP contribution in [0.1, 0.15) is 5.82 Å². The highest BCUT2D eigenvalue weighted by molar-refractivity contribution is 7.26. The molecule has 2 nitrogen and oxygen atoms in total. The van der Waals surface area contributed by atoms with Gasteiger partial charge in [-0.2, -0.15) is 0 Å². The molecule has 0 aromatic carbocycles. The first-order valence-electron chi connectivity index (χ1n) is 4.71. The molecule has 16 heavy (non-hydrogen) atoms. The molecule has 3 aromatic rings. The van der Waals surface area contributed by atoms with Crippen LogP contribution >= 0.6 is 34.3 Å². The standard InChI is InChI=1S/C11H7ClN2S2/c1-6-13-7-5-9(8-3-2-4-15-8)16-10(7)11(12)14-6/h2-5H,1H3. The van der Waals surface area contributed by atoms with Gasteiger partial charge in [-0.3, -0.25) is 0 Å². The lowest BCUT2D eigenvalue weighted by Gasteiger charge is -1.93. The lowest BCUT2D eigenvalue weighted by Crippen LogP contribution is -1.86. The predicted octanol–water partition coefficient (Wildman–Crippen LogP) is 4.38. The molecule has 0 spiro atoms. The molecule has 0 atom stereocenters. The van der Waals surface area contributed by atoms with E-state index in [0.717, 1.165) is 10.2 Å². The van der Waals surface area contributed by atoms with Crippen LogP contribution in [0.2, 0.25) is 5.15 Å². The fourth-order valence-corrected chi connectivity index (χ4v) is 3.68. The Balaban J connectivity index is 2.27. The van der Waals surface area contributed by atoms with Gasteiger partial charge in [-0.25, -0.2) is 9.97 Å². The summed E-state index contributed by atoms with van der Waals surface area (Å²) in [6.07, 6.45) is 0. The van der Waals surface area contributed by atoms with Crippen LogP contribution in [0.4, 0.5) is 0 Å². The minimum absolute atomic E-state index is 0.551. The van der Waals surface area contributed by atoms with Crippen LogP contribution in [0.5, 0.6) is 0 Å². The third-order valence-corrected chi connectivity index (χ3v) is 4.79. The third kappa shape index (κ3) is 1.63. The normalized spacial score (nSPS) is 11.1. The highest BCUT2D eigenvalue weighted by Crippen LogP contribution is 2.37. The Morgan fingerprint density at radius 2 is 2.12 bits per heavy atom. The average molecular weight is 267 g/mol. The zero-order chi connectivity index (χ0) is 11.1. The SMILES string of the molecule is Cc1nc(Cl)c2sc(-c3cccs3)cc2n1. The Labute approximate surface area is 106 Å². The third-order valence-electron chi connectivity index (χ3n) is 2.21. The first-order chi connectivity index (χ1) is 7.74. The van der Waals surface area contributed by atoms with Crippen molar-refractivity contribution < 1.29 is 0 Å². The van der Waals surface area contributed by atoms with Crippen molar-refractivity contribution in [1.29, 1.82) is 0 Å². The van der Waals surface area contributed by atoms with Crippen molar-refractivity contribution in [2.75, 3.05) is 0 Å². The molecule has 5 heteroatoms. The number of halogens is 1. The second-order valence-corrected chi connectivity index (χ2v) is 5.72. The van der Waals surface area contributed by atoms with Crippen LogP contribution < -0.4 is 0 Å². The van der Waals surface area contributed by atoms with Crippen molar-refractivity contribution in [1.82, 2.24) is 9.97 Å². The van der Waals surface area contributed by atoms with Crippen molar-refractivity contribution in [2.24, 2.45) is 0 Å². The maximum absolute atomic E-state index is 6.10. The number of aromatic nitrogens is 2. The maximum atomic E-state index is 6.10. The van der Waals surface area contributed by atoms with Gasteiger partial charge in [-0.05, 0) is 24.4 Å². The molecule has 0 fully saturated rings. The van der Waals surface area contributed by atoms with Crippen LogP contribution in [0.25, 0.3) is 20.0 Å². The quantitative estimate of drug-likeness (QED) is 0.611. The average Bonchev–Trinajstić information content (AvgIpc) is 2.82. The summed E-state index contributed by atoms with van der Waals surface area (Å²) in [6, 6.07) is 6.22. The molecule has 3 rings (SSSR count). The van der Waals surface area contributed by atoms with Crippen LogP contribution in [-0.4, -0.2) is 9.97 Å². The van der Waals surface area contributed by atoms with Gasteiger partial charge >= 0.3 is 0 Å². The second-order valence-electron chi connectivity index (χ2n) is 3.36. The van der Waals surface area contributed by atoms with Crippen LogP contribution in [-0.2, 0) is 0 Å². The molecule has 0 aliphatic carbocycles. The summed E-state index contributed by atoms with van der Waals surface area (Å²) in [6.45, 7) is 1.85. The van der Waals surface area contributed by atoms with E-state index in [1.807, 2.05) is 13.0 Å². The molecular formula is C11H7ClN2S2. The van der Waals surface area contributed by atoms with Crippen LogP contribution in [0.3, 0.4) is 0 Å². The molecule has 3 heterocycles. The molecule has 0 aliphatic rings. The zero-order valence-electron chi connectivity index (χ0n) is 8.40. The van der Waals surface area contributed by atoms with Gasteiger partial charge in [0.1, 0.15) is 5.82 Å². The summed E-state index contributed by atoms with van der Waals surface area (Å²) in [4.78, 5) is 11.0. The number of hydrogen-bond acceptors (Lipinski definition) is 4. The van der Waals surface area contributed by atoms with Gasteiger partial charge in [0.15, 0.2) is 5.15 Å². The Morgan fingerprint density at radius 1 is 1.25 bits per heavy atom. The number of rotatable bonds is 1. The lowest BCUT2D eigenvalue weighted by atomic mass is 10.3. The Morgan fingerprint density at radius 3 is 2.88 bits per heavy atom. The minimum atomic E-state index is 0.551. The fraction of sp³-hybridized carbons (Fsp3) is 0.0909. The van der Waals surface area contributed by atoms with E-state index in [-0.39, 0.29) is 0 Å². The van der Waals surface area contributed by atoms with Crippen LogP contribution in [0, 0.1) is 6.92 Å². The van der Waals surface area contributed by atoms with Crippen molar-refractivity contribution >= 4 is 44.5 Å². The largest absolute Gasteiger partial charge is 0.232 e. The van der Waals surface area contributed by atoms with Crippen molar-refractivity contribution in [3.63, 3.8) is 0 Å². The summed E-state index contributed by atoms with van der Waals surface area (Å²) in [5.41, 5.74) is 0.936. The summed E-state index contributed by atoms with van der Waals surface area (Å²) >= 11 is 9.46. The number of aryl methyl sites for hydroxylation is 1. The number of thiophene rings is 2. The first kappa shape index (κ1) is 10.2. The summed E-state index contributed by atoms with van der Waals surface area (Å²) in [5, 5.41) is 2.62. The summed E-state index contributed by atoms with van der Waals surface area (Å²) in [5.74, 6) is 0.716. The van der Waals surface area contributed by atoms with Gasteiger partial charge in [0.25, 0.3) is 0 Å². The van der Waals surface area contributed by atoms with E-state index in [4.69, 9.17) is 11.6 Å². The number of fused-ring (bicyclic) bond motifs is 1. The monoisotopic (exact) mass is 266 g/mol. The van der Waals surface area contributed by atoms with E-state index in [0.29, 0.717) is 11.0 Å². The first-order valence-corrected chi connectivity index (χ1v) is 6.79. The fourth-order valence-electron chi connectivity index (χ4n) is 1.54. The summed E-state index contributed by atoms with van der Waals surface area (Å²) < 4.78 is 0.968. The molecule has 0 radical (unpaired) electrons. The molecule has 0 amide bonds. The van der Waals surface area contributed by atoms with E-state index in [9.17, 15) is 0 Å². The van der Waals surface area contributed by atoms with Gasteiger partial charge in [0.05, 0.1) is 10.2 Å². The minimum Gasteiger partial charge on any atom is -0.232 e. The molecule has 0 saturated carbocycles. The highest BCUT2D eigenvalue weighted by atomic mass is 35.5. The molecule has 0 aliphatic heterocycles. The van der Waals surface area contributed by atoms with Gasteiger partial charge < -0.3 is 0 Å². The highest BCUT2D eigenvalue weighted by Gasteiger charge is 2.10. The maximum Gasteiger partial charge on any atom is 0.150 e. The van der Waals surface area contributed by atoms with Gasteiger partial charge in [0, 0.05) is 9.75 Å². The van der Waals surface area contributed by atoms with Crippen molar-refractivity contribution in [2.45, 2.75) is 6.92 Å². The van der Waals surface area contributed by atoms with E-state index in [2.05, 4.69) is 27.5 Å². The molecule has 3 aromatic heterocycles. The van der Waals surface area contributed by atoms with E-state index < -0.39 is 0 Å². The van der Waals surface area contributed by atoms with Gasteiger partial charge in [-0.15, -0.1) is 22.7 Å². The zero-order valence-corrected chi connectivity index (χ0v) is 10.8. The molecule has 0 unspecified atom stereocenters. The topological polar surface area (TPSA) is 25.8 Å². The predicted molar refractivity (Wildman–Crippen MR) is 70.5 cm³/mol. The summed E-state index contributed by atoms with van der Waals surface area (Å²) in [7, 11) is 0. The van der Waals surface area contributed by atoms with Gasteiger partial charge in [0.2, 0.25) is 0 Å².